The van der Waals surface area contributed by atoms with Gasteiger partial charge >= 0.3 is 0 Å². The van der Waals surface area contributed by atoms with Crippen LogP contribution in [0.2, 0.25) is 0 Å². The monoisotopic (exact) mass is 342 g/mol. The topological polar surface area (TPSA) is 78.7 Å². The molecule has 0 radical (unpaired) electrons. The molecule has 0 saturated carbocycles. The van der Waals surface area contributed by atoms with Gasteiger partial charge in [-0.05, 0) is 37.5 Å². The number of furan rings is 1. The number of benzene rings is 1. The van der Waals surface area contributed by atoms with Crippen molar-refractivity contribution in [3.8, 4) is 0 Å². The van der Waals surface area contributed by atoms with Gasteiger partial charge in [0, 0.05) is 13.1 Å². The average molecular weight is 342 g/mol. The van der Waals surface area contributed by atoms with Gasteiger partial charge in [-0.15, -0.1) is 0 Å². The van der Waals surface area contributed by atoms with Crippen LogP contribution in [-0.4, -0.2) is 31.5 Å². The highest BCUT2D eigenvalue weighted by Gasteiger charge is 2.08. The van der Waals surface area contributed by atoms with Crippen molar-refractivity contribution in [3.63, 3.8) is 0 Å². The van der Waals surface area contributed by atoms with Crippen LogP contribution >= 0.6 is 0 Å². The molecule has 1 aromatic carbocycles. The summed E-state index contributed by atoms with van der Waals surface area (Å²) in [7, 11) is 1.69. The number of aliphatic imine (C=N–C) groups is 1. The number of nitrogens with zero attached hydrogens (tertiary/aromatic N) is 1. The fraction of sp³-hybridized carbons (Fsp3) is 0.368. The molecule has 6 heteroatoms. The molecular weight excluding hydrogens is 316 g/mol. The summed E-state index contributed by atoms with van der Waals surface area (Å²) >= 11 is 0. The van der Waals surface area contributed by atoms with Gasteiger partial charge in [-0.3, -0.25) is 9.79 Å². The van der Waals surface area contributed by atoms with E-state index in [0.29, 0.717) is 12.5 Å². The van der Waals surface area contributed by atoms with Crippen LogP contribution < -0.4 is 16.0 Å². The molecule has 0 aliphatic heterocycles. The van der Waals surface area contributed by atoms with Crippen LogP contribution in [0.15, 0.2) is 58.1 Å². The SMILES string of the molecule is CN=C(NCC(=O)NCc1ccco1)NC(C)CCc1ccccc1. The molecule has 0 fully saturated rings. The van der Waals surface area contributed by atoms with E-state index in [0.717, 1.165) is 18.6 Å². The molecule has 1 amide bonds. The lowest BCUT2D eigenvalue weighted by atomic mass is 10.1. The molecule has 6 nitrogen and oxygen atoms in total. The van der Waals surface area contributed by atoms with Crippen molar-refractivity contribution < 1.29 is 9.21 Å². The molecule has 2 aromatic rings. The van der Waals surface area contributed by atoms with Crippen LogP contribution in [0, 0.1) is 0 Å². The van der Waals surface area contributed by atoms with Crippen molar-refractivity contribution >= 4 is 11.9 Å². The maximum Gasteiger partial charge on any atom is 0.239 e. The Balaban J connectivity index is 1.66. The molecule has 1 atom stereocenters. The first kappa shape index (κ1) is 18.6. The molecule has 0 spiro atoms. The summed E-state index contributed by atoms with van der Waals surface area (Å²) in [5.74, 6) is 1.23. The highest BCUT2D eigenvalue weighted by atomic mass is 16.3. The Kier molecular flexibility index (Phi) is 7.56. The summed E-state index contributed by atoms with van der Waals surface area (Å²) in [4.78, 5) is 16.0. The van der Waals surface area contributed by atoms with E-state index in [1.807, 2.05) is 12.1 Å². The summed E-state index contributed by atoms with van der Waals surface area (Å²) in [5.41, 5.74) is 1.32. The third-order valence-electron chi connectivity index (χ3n) is 3.77. The maximum atomic E-state index is 11.9. The first-order valence-corrected chi connectivity index (χ1v) is 8.47. The second kappa shape index (κ2) is 10.2. The minimum absolute atomic E-state index is 0.115. The number of nitrogens with one attached hydrogen (secondary N) is 3. The third kappa shape index (κ3) is 7.12. The molecule has 1 unspecified atom stereocenters. The van der Waals surface area contributed by atoms with Crippen molar-refractivity contribution in [3.05, 3.63) is 60.1 Å². The molecule has 2 rings (SSSR count). The molecule has 3 N–H and O–H groups in total. The highest BCUT2D eigenvalue weighted by molar-refractivity contribution is 5.86. The van der Waals surface area contributed by atoms with Gasteiger partial charge in [0.1, 0.15) is 5.76 Å². The Hall–Kier alpha value is -2.76. The van der Waals surface area contributed by atoms with Crippen molar-refractivity contribution in [2.75, 3.05) is 13.6 Å². The maximum absolute atomic E-state index is 11.9. The van der Waals surface area contributed by atoms with Gasteiger partial charge in [0.05, 0.1) is 19.4 Å². The number of rotatable bonds is 8. The predicted molar refractivity (Wildman–Crippen MR) is 99.3 cm³/mol. The molecule has 134 valence electrons. The number of hydrogen-bond acceptors (Lipinski definition) is 3. The van der Waals surface area contributed by atoms with Crippen molar-refractivity contribution in [1.82, 2.24) is 16.0 Å². The molecule has 0 saturated heterocycles. The van der Waals surface area contributed by atoms with Crippen molar-refractivity contribution in [2.24, 2.45) is 4.99 Å². The lowest BCUT2D eigenvalue weighted by Gasteiger charge is -2.17. The van der Waals surface area contributed by atoms with Gasteiger partial charge in [0.25, 0.3) is 0 Å². The van der Waals surface area contributed by atoms with Gasteiger partial charge < -0.3 is 20.4 Å². The Morgan fingerprint density at radius 2 is 1.96 bits per heavy atom. The van der Waals surface area contributed by atoms with Gasteiger partial charge in [0.15, 0.2) is 5.96 Å². The second-order valence-electron chi connectivity index (χ2n) is 5.85. The Morgan fingerprint density at radius 3 is 2.64 bits per heavy atom. The average Bonchev–Trinajstić information content (AvgIpc) is 3.16. The van der Waals surface area contributed by atoms with E-state index in [1.165, 1.54) is 5.56 Å². The minimum atomic E-state index is -0.115. The number of aryl methyl sites for hydroxylation is 1. The van der Waals surface area contributed by atoms with E-state index in [4.69, 9.17) is 4.42 Å². The summed E-state index contributed by atoms with van der Waals surface area (Å²) in [6, 6.07) is 14.2. The Bertz CT molecular complexity index is 653. The smallest absolute Gasteiger partial charge is 0.239 e. The van der Waals surface area contributed by atoms with E-state index in [2.05, 4.69) is 52.1 Å². The zero-order valence-corrected chi connectivity index (χ0v) is 14.8. The van der Waals surface area contributed by atoms with Crippen LogP contribution in [0.3, 0.4) is 0 Å². The molecule has 0 bridgehead atoms. The number of carbonyl (C=O) groups is 1. The lowest BCUT2D eigenvalue weighted by Crippen LogP contribution is -2.46. The zero-order valence-electron chi connectivity index (χ0n) is 14.8. The molecule has 25 heavy (non-hydrogen) atoms. The van der Waals surface area contributed by atoms with Crippen LogP contribution in [0.5, 0.6) is 0 Å². The molecule has 1 aromatic heterocycles. The summed E-state index contributed by atoms with van der Waals surface area (Å²) in [6.07, 6.45) is 3.56. The van der Waals surface area contributed by atoms with Crippen molar-refractivity contribution in [1.29, 1.82) is 0 Å². The fourth-order valence-electron chi connectivity index (χ4n) is 2.35. The standard InChI is InChI=1S/C19H26N4O2/c1-15(10-11-16-7-4-3-5-8-16)23-19(20-2)22-14-18(24)21-13-17-9-6-12-25-17/h3-9,12,15H,10-11,13-14H2,1-2H3,(H,21,24)(H2,20,22,23). The Labute approximate surface area is 148 Å². The lowest BCUT2D eigenvalue weighted by molar-refractivity contribution is -0.120. The summed E-state index contributed by atoms with van der Waals surface area (Å²) in [5, 5.41) is 9.11. The number of hydrogen-bond donors (Lipinski definition) is 3. The normalized spacial score (nSPS) is 12.5. The summed E-state index contributed by atoms with van der Waals surface area (Å²) in [6.45, 7) is 2.64. The van der Waals surface area contributed by atoms with E-state index in [1.54, 1.807) is 19.4 Å². The largest absolute Gasteiger partial charge is 0.467 e. The number of guanidine groups is 1. The van der Waals surface area contributed by atoms with Crippen molar-refractivity contribution in [2.45, 2.75) is 32.4 Å². The van der Waals surface area contributed by atoms with Gasteiger partial charge in [-0.1, -0.05) is 30.3 Å². The van der Waals surface area contributed by atoms with E-state index < -0.39 is 0 Å². The van der Waals surface area contributed by atoms with E-state index in [-0.39, 0.29) is 18.5 Å². The highest BCUT2D eigenvalue weighted by Crippen LogP contribution is 2.04. The molecule has 0 aliphatic carbocycles. The number of carbonyl (C=O) groups excluding carboxylic acids is 1. The van der Waals surface area contributed by atoms with Crippen LogP contribution in [-0.2, 0) is 17.8 Å². The second-order valence-corrected chi connectivity index (χ2v) is 5.85. The summed E-state index contributed by atoms with van der Waals surface area (Å²) < 4.78 is 5.18. The molecular formula is C19H26N4O2. The zero-order chi connectivity index (χ0) is 17.9. The van der Waals surface area contributed by atoms with Crippen LogP contribution in [0.25, 0.3) is 0 Å². The van der Waals surface area contributed by atoms with Gasteiger partial charge in [-0.2, -0.15) is 0 Å². The molecule has 0 aliphatic rings. The predicted octanol–water partition coefficient (Wildman–Crippen LogP) is 2.08. The Morgan fingerprint density at radius 1 is 1.16 bits per heavy atom. The first-order valence-electron chi connectivity index (χ1n) is 8.47. The van der Waals surface area contributed by atoms with Crippen LogP contribution in [0.4, 0.5) is 0 Å². The third-order valence-corrected chi connectivity index (χ3v) is 3.77. The van der Waals surface area contributed by atoms with Gasteiger partial charge in [-0.25, -0.2) is 0 Å². The molecule has 1 heterocycles. The quantitative estimate of drug-likeness (QED) is 0.507. The van der Waals surface area contributed by atoms with E-state index >= 15 is 0 Å². The van der Waals surface area contributed by atoms with Gasteiger partial charge in [0.2, 0.25) is 5.91 Å². The van der Waals surface area contributed by atoms with E-state index in [9.17, 15) is 4.79 Å². The van der Waals surface area contributed by atoms with Crippen LogP contribution in [0.1, 0.15) is 24.7 Å². The fourth-order valence-corrected chi connectivity index (χ4v) is 2.35. The number of amides is 1. The first-order chi connectivity index (χ1) is 12.2. The minimum Gasteiger partial charge on any atom is -0.467 e.